The van der Waals surface area contributed by atoms with E-state index in [1.54, 1.807) is 30.3 Å². The first-order valence-corrected chi connectivity index (χ1v) is 10.5. The van der Waals surface area contributed by atoms with Gasteiger partial charge in [-0.2, -0.15) is 10.2 Å². The Labute approximate surface area is 190 Å². The maximum atomic E-state index is 13.9. The van der Waals surface area contributed by atoms with Crippen LogP contribution in [-0.4, -0.2) is 51.7 Å². The number of carbonyl (C=O) groups excluding carboxylic acids is 1. The largest absolute Gasteiger partial charge is 0.430 e. The van der Waals surface area contributed by atoms with E-state index in [1.165, 1.54) is 15.8 Å². The average Bonchev–Trinajstić information content (AvgIpc) is 3.62. The van der Waals surface area contributed by atoms with Crippen LogP contribution in [0.1, 0.15) is 45.8 Å². The van der Waals surface area contributed by atoms with Crippen molar-refractivity contribution in [2.45, 2.75) is 18.9 Å². The molecule has 10 nitrogen and oxygen atoms in total. The second kappa shape index (κ2) is 7.61. The summed E-state index contributed by atoms with van der Waals surface area (Å²) in [5.74, 6) is -1.29. The molecule has 0 spiro atoms. The summed E-state index contributed by atoms with van der Waals surface area (Å²) in [4.78, 5) is 26.6. The number of carbonyl (C=O) groups is 1. The van der Waals surface area contributed by atoms with Gasteiger partial charge >= 0.3 is 0 Å². The monoisotopic (exact) mass is 464 g/mol. The second-order valence-corrected chi connectivity index (χ2v) is 7.99. The van der Waals surface area contributed by atoms with Crippen molar-refractivity contribution in [1.82, 2.24) is 39.2 Å². The first kappa shape index (κ1) is 20.3. The highest BCUT2D eigenvalue weighted by atomic mass is 19.3. The molecule has 6 rings (SSSR count). The van der Waals surface area contributed by atoms with Crippen LogP contribution >= 0.6 is 0 Å². The van der Waals surface area contributed by atoms with Crippen LogP contribution in [0.3, 0.4) is 0 Å². The number of nitrogens with zero attached hydrogens (tertiary/aromatic N) is 7. The van der Waals surface area contributed by atoms with Crippen LogP contribution in [0.4, 0.5) is 8.78 Å². The minimum absolute atomic E-state index is 0.0894. The molecule has 5 aromatic heterocycles. The number of fused-ring (bicyclic) bond motifs is 2. The SMILES string of the molecule is Cn1cc(-c2nc(C(F)F)c(C(=O)N3CCc4[nH]cnc4C3c3cc4ccccn4n3)o2)cn1. The third-order valence-electron chi connectivity index (χ3n) is 5.86. The molecule has 0 radical (unpaired) electrons. The number of oxazole rings is 1. The lowest BCUT2D eigenvalue weighted by Crippen LogP contribution is -2.41. The van der Waals surface area contributed by atoms with Crippen molar-refractivity contribution in [1.29, 1.82) is 0 Å². The normalized spacial score (nSPS) is 15.9. The van der Waals surface area contributed by atoms with Gasteiger partial charge in [0.05, 0.1) is 35.0 Å². The molecule has 1 amide bonds. The van der Waals surface area contributed by atoms with Crippen molar-refractivity contribution in [3.63, 3.8) is 0 Å². The number of aromatic nitrogens is 7. The van der Waals surface area contributed by atoms with E-state index < -0.39 is 29.8 Å². The summed E-state index contributed by atoms with van der Waals surface area (Å²) in [6.45, 7) is 0.262. The zero-order chi connectivity index (χ0) is 23.4. The van der Waals surface area contributed by atoms with E-state index in [0.29, 0.717) is 23.4 Å². The van der Waals surface area contributed by atoms with Crippen molar-refractivity contribution in [2.24, 2.45) is 7.05 Å². The van der Waals surface area contributed by atoms with E-state index in [0.717, 1.165) is 11.2 Å². The number of amides is 1. The van der Waals surface area contributed by atoms with Crippen LogP contribution in [-0.2, 0) is 13.5 Å². The molecule has 172 valence electrons. The fourth-order valence-electron chi connectivity index (χ4n) is 4.31. The summed E-state index contributed by atoms with van der Waals surface area (Å²) in [6.07, 6.45) is 3.86. The summed E-state index contributed by atoms with van der Waals surface area (Å²) >= 11 is 0. The minimum atomic E-state index is -2.99. The number of imidazole rings is 1. The number of H-pyrrole nitrogens is 1. The Morgan fingerprint density at radius 3 is 2.97 bits per heavy atom. The molecule has 1 unspecified atom stereocenters. The molecule has 1 atom stereocenters. The number of aromatic amines is 1. The Morgan fingerprint density at radius 2 is 2.21 bits per heavy atom. The van der Waals surface area contributed by atoms with Gasteiger partial charge < -0.3 is 14.3 Å². The average molecular weight is 464 g/mol. The number of alkyl halides is 2. The van der Waals surface area contributed by atoms with Gasteiger partial charge in [-0.05, 0) is 18.2 Å². The Morgan fingerprint density at radius 1 is 1.32 bits per heavy atom. The summed E-state index contributed by atoms with van der Waals surface area (Å²) in [5, 5.41) is 8.63. The minimum Gasteiger partial charge on any atom is -0.430 e. The Hall–Kier alpha value is -4.35. The molecular weight excluding hydrogens is 446 g/mol. The van der Waals surface area contributed by atoms with Gasteiger partial charge in [-0.1, -0.05) is 6.07 Å². The standard InChI is InChI=1S/C22H18F2N8O2/c1-30-10-12(9-27-30)21-28-17(20(23)24)19(34-21)22(33)31-7-5-14-16(26-11-25-14)18(31)15-8-13-4-2-3-6-32(13)29-15/h2-4,6,8-11,18,20H,5,7H2,1H3,(H,25,26). The predicted molar refractivity (Wildman–Crippen MR) is 114 cm³/mol. The first-order chi connectivity index (χ1) is 16.5. The molecule has 0 bridgehead atoms. The summed E-state index contributed by atoms with van der Waals surface area (Å²) < 4.78 is 36.6. The van der Waals surface area contributed by atoms with Gasteiger partial charge in [0.25, 0.3) is 12.3 Å². The molecule has 0 saturated heterocycles. The number of halogens is 2. The third kappa shape index (κ3) is 3.17. The van der Waals surface area contributed by atoms with Crippen LogP contribution in [0, 0.1) is 0 Å². The maximum Gasteiger partial charge on any atom is 0.292 e. The van der Waals surface area contributed by atoms with Crippen LogP contribution < -0.4 is 0 Å². The Kier molecular flexibility index (Phi) is 4.54. The molecule has 6 heterocycles. The molecule has 1 aliphatic rings. The smallest absolute Gasteiger partial charge is 0.292 e. The predicted octanol–water partition coefficient (Wildman–Crippen LogP) is 3.17. The van der Waals surface area contributed by atoms with Gasteiger partial charge in [0.15, 0.2) is 5.69 Å². The molecule has 34 heavy (non-hydrogen) atoms. The van der Waals surface area contributed by atoms with Crippen LogP contribution in [0.5, 0.6) is 0 Å². The van der Waals surface area contributed by atoms with Crippen molar-refractivity contribution in [2.75, 3.05) is 6.54 Å². The second-order valence-electron chi connectivity index (χ2n) is 7.99. The summed E-state index contributed by atoms with van der Waals surface area (Å²) in [6, 6.07) is 6.79. The third-order valence-corrected chi connectivity index (χ3v) is 5.86. The fraction of sp³-hybridized carbons (Fsp3) is 0.227. The highest BCUT2D eigenvalue weighted by Crippen LogP contribution is 2.36. The van der Waals surface area contributed by atoms with Crippen LogP contribution in [0.2, 0.25) is 0 Å². The van der Waals surface area contributed by atoms with E-state index in [9.17, 15) is 13.6 Å². The fourth-order valence-corrected chi connectivity index (χ4v) is 4.31. The van der Waals surface area contributed by atoms with Gasteiger partial charge in [-0.3, -0.25) is 9.48 Å². The molecule has 0 aliphatic carbocycles. The van der Waals surface area contributed by atoms with E-state index >= 15 is 0 Å². The highest BCUT2D eigenvalue weighted by Gasteiger charge is 2.39. The topological polar surface area (TPSA) is 110 Å². The van der Waals surface area contributed by atoms with Crippen molar-refractivity contribution >= 4 is 11.4 Å². The van der Waals surface area contributed by atoms with Gasteiger partial charge in [-0.15, -0.1) is 0 Å². The van der Waals surface area contributed by atoms with E-state index in [2.05, 4.69) is 25.1 Å². The number of aryl methyl sites for hydroxylation is 1. The molecule has 5 aromatic rings. The zero-order valence-electron chi connectivity index (χ0n) is 17.9. The molecule has 1 N–H and O–H groups in total. The van der Waals surface area contributed by atoms with Gasteiger partial charge in [0.2, 0.25) is 11.7 Å². The van der Waals surface area contributed by atoms with Crippen molar-refractivity contribution in [3.8, 4) is 11.5 Å². The van der Waals surface area contributed by atoms with Crippen LogP contribution in [0.25, 0.3) is 17.0 Å². The van der Waals surface area contributed by atoms with E-state index in [1.807, 2.05) is 24.3 Å². The van der Waals surface area contributed by atoms with E-state index in [-0.39, 0.29) is 12.4 Å². The van der Waals surface area contributed by atoms with Gasteiger partial charge in [0, 0.05) is 38.1 Å². The van der Waals surface area contributed by atoms with Crippen molar-refractivity contribution in [3.05, 3.63) is 77.7 Å². The van der Waals surface area contributed by atoms with Gasteiger partial charge in [0.1, 0.15) is 6.04 Å². The zero-order valence-corrected chi connectivity index (χ0v) is 17.9. The molecule has 0 fully saturated rings. The highest BCUT2D eigenvalue weighted by molar-refractivity contribution is 5.93. The molecule has 1 aliphatic heterocycles. The van der Waals surface area contributed by atoms with E-state index in [4.69, 9.17) is 4.42 Å². The molecular formula is C22H18F2N8O2. The lowest BCUT2D eigenvalue weighted by molar-refractivity contribution is 0.0640. The number of rotatable bonds is 4. The maximum absolute atomic E-state index is 13.9. The number of nitrogens with one attached hydrogen (secondary N) is 1. The Bertz CT molecular complexity index is 1480. The summed E-state index contributed by atoms with van der Waals surface area (Å²) in [7, 11) is 1.68. The number of pyridine rings is 1. The lowest BCUT2D eigenvalue weighted by Gasteiger charge is -2.33. The lowest BCUT2D eigenvalue weighted by atomic mass is 9.99. The van der Waals surface area contributed by atoms with Gasteiger partial charge in [-0.25, -0.2) is 23.3 Å². The first-order valence-electron chi connectivity index (χ1n) is 10.5. The quantitative estimate of drug-likeness (QED) is 0.438. The van der Waals surface area contributed by atoms with Crippen LogP contribution in [0.15, 0.2) is 53.6 Å². The number of hydrogen-bond donors (Lipinski definition) is 1. The summed E-state index contributed by atoms with van der Waals surface area (Å²) in [5.41, 5.74) is 2.58. The molecule has 0 aromatic carbocycles. The van der Waals surface area contributed by atoms with Crippen molar-refractivity contribution < 1.29 is 18.0 Å². The Balaban J connectivity index is 1.45. The molecule has 12 heteroatoms. The molecule has 0 saturated carbocycles. The number of hydrogen-bond acceptors (Lipinski definition) is 6.